The van der Waals surface area contributed by atoms with Crippen LogP contribution in [0.4, 0.5) is 29.2 Å². The van der Waals surface area contributed by atoms with Gasteiger partial charge in [-0.05, 0) is 42.5 Å². The van der Waals surface area contributed by atoms with Gasteiger partial charge in [0.05, 0.1) is 11.8 Å². The van der Waals surface area contributed by atoms with Crippen LogP contribution in [-0.2, 0) is 0 Å². The second-order valence-corrected chi connectivity index (χ2v) is 7.71. The molecule has 5 rings (SSSR count). The molecule has 0 amide bonds. The maximum atomic E-state index is 11.5. The Balaban J connectivity index is 1.35. The van der Waals surface area contributed by atoms with Crippen molar-refractivity contribution in [3.05, 3.63) is 108 Å². The molecule has 0 saturated carbocycles. The van der Waals surface area contributed by atoms with Crippen molar-refractivity contribution in [1.82, 2.24) is 15.0 Å². The molecule has 182 valence electrons. The number of aromatic carboxylic acids is 1. The first-order valence-electron chi connectivity index (χ1n) is 11.3. The third kappa shape index (κ3) is 5.95. The molecule has 0 saturated heterocycles. The predicted octanol–water partition coefficient (Wildman–Crippen LogP) is 5.76. The highest BCUT2D eigenvalue weighted by Gasteiger charge is 2.13. The van der Waals surface area contributed by atoms with Crippen LogP contribution >= 0.6 is 0 Å². The molecule has 0 spiro atoms. The molecule has 0 aliphatic rings. The van der Waals surface area contributed by atoms with E-state index in [0.29, 0.717) is 29.0 Å². The van der Waals surface area contributed by atoms with E-state index in [1.807, 2.05) is 60.7 Å². The molecule has 0 unspecified atom stereocenters. The number of carboxylic acids is 1. The van der Waals surface area contributed by atoms with E-state index in [1.54, 1.807) is 30.3 Å². The number of aromatic nitrogens is 3. The van der Waals surface area contributed by atoms with Gasteiger partial charge in [-0.1, -0.05) is 54.6 Å². The second kappa shape index (κ2) is 10.8. The van der Waals surface area contributed by atoms with E-state index in [-0.39, 0.29) is 11.5 Å². The van der Waals surface area contributed by atoms with Crippen LogP contribution in [0, 0.1) is 0 Å². The molecular formula is C27H21N7O3. The van der Waals surface area contributed by atoms with Crippen LogP contribution in [-0.4, -0.2) is 32.2 Å². The van der Waals surface area contributed by atoms with Gasteiger partial charge in [-0.15, -0.1) is 0 Å². The Morgan fingerprint density at radius 1 is 0.730 bits per heavy atom. The maximum Gasteiger partial charge on any atom is 0.336 e. The van der Waals surface area contributed by atoms with Crippen LogP contribution < -0.4 is 16.1 Å². The molecule has 5 aromatic rings. The average Bonchev–Trinajstić information content (AvgIpc) is 3.38. The van der Waals surface area contributed by atoms with Crippen LogP contribution in [0.2, 0.25) is 0 Å². The summed E-state index contributed by atoms with van der Waals surface area (Å²) in [6.07, 6.45) is 1.45. The fourth-order valence-corrected chi connectivity index (χ4v) is 3.44. The molecule has 0 aliphatic carbocycles. The Morgan fingerprint density at radius 2 is 1.30 bits per heavy atom. The van der Waals surface area contributed by atoms with Gasteiger partial charge < -0.3 is 20.2 Å². The van der Waals surface area contributed by atoms with E-state index < -0.39 is 5.97 Å². The highest BCUT2D eigenvalue weighted by atomic mass is 16.4. The minimum Gasteiger partial charge on any atom is -0.478 e. The van der Waals surface area contributed by atoms with Gasteiger partial charge in [0, 0.05) is 16.9 Å². The maximum absolute atomic E-state index is 11.5. The van der Waals surface area contributed by atoms with Gasteiger partial charge in [-0.25, -0.2) is 10.2 Å². The smallest absolute Gasteiger partial charge is 0.336 e. The summed E-state index contributed by atoms with van der Waals surface area (Å²) in [7, 11) is 0. The zero-order valence-corrected chi connectivity index (χ0v) is 19.4. The van der Waals surface area contributed by atoms with Gasteiger partial charge in [0.25, 0.3) is 0 Å². The number of carbonyl (C=O) groups is 1. The molecule has 4 N–H and O–H groups in total. The number of anilines is 5. The van der Waals surface area contributed by atoms with Gasteiger partial charge in [0.1, 0.15) is 11.5 Å². The quantitative estimate of drug-likeness (QED) is 0.150. The SMILES string of the molecule is O=C(O)c1ccccc1-c1ccc(/C=N\Nc2nc(Nc3ccccc3)nc(Nc3ccccc3)n2)o1. The number of carboxylic acid groups (broad SMARTS) is 1. The molecule has 2 aromatic heterocycles. The number of nitrogens with zero attached hydrogens (tertiary/aromatic N) is 4. The number of rotatable bonds is 9. The van der Waals surface area contributed by atoms with Crippen LogP contribution in [0.1, 0.15) is 16.1 Å². The third-order valence-electron chi connectivity index (χ3n) is 5.10. The summed E-state index contributed by atoms with van der Waals surface area (Å²) in [6.45, 7) is 0. The minimum absolute atomic E-state index is 0.153. The van der Waals surface area contributed by atoms with E-state index in [2.05, 4.69) is 36.1 Å². The zero-order valence-electron chi connectivity index (χ0n) is 19.4. The highest BCUT2D eigenvalue weighted by Crippen LogP contribution is 2.25. The summed E-state index contributed by atoms with van der Waals surface area (Å²) in [4.78, 5) is 24.7. The van der Waals surface area contributed by atoms with E-state index in [1.165, 1.54) is 12.3 Å². The fraction of sp³-hybridized carbons (Fsp3) is 0. The second-order valence-electron chi connectivity index (χ2n) is 7.71. The number of hydrazone groups is 1. The van der Waals surface area contributed by atoms with Crippen molar-refractivity contribution in [1.29, 1.82) is 0 Å². The molecule has 0 atom stereocenters. The Hall–Kier alpha value is -5.51. The predicted molar refractivity (Wildman–Crippen MR) is 142 cm³/mol. The van der Waals surface area contributed by atoms with Gasteiger partial charge in [0.15, 0.2) is 0 Å². The number of nitrogens with one attached hydrogen (secondary N) is 3. The number of para-hydroxylation sites is 2. The van der Waals surface area contributed by atoms with Crippen molar-refractivity contribution >= 4 is 41.4 Å². The molecular weight excluding hydrogens is 470 g/mol. The van der Waals surface area contributed by atoms with E-state index in [9.17, 15) is 9.90 Å². The van der Waals surface area contributed by atoms with E-state index in [4.69, 9.17) is 4.42 Å². The van der Waals surface area contributed by atoms with Crippen molar-refractivity contribution in [3.63, 3.8) is 0 Å². The summed E-state index contributed by atoms with van der Waals surface area (Å²) in [5.41, 5.74) is 5.07. The lowest BCUT2D eigenvalue weighted by atomic mass is 10.1. The van der Waals surface area contributed by atoms with Crippen molar-refractivity contribution in [2.45, 2.75) is 0 Å². The standard InChI is InChI=1S/C27H21N7O3/c35-24(36)22-14-8-7-13-21(22)23-16-15-20(37-23)17-28-34-27-32-25(29-18-9-3-1-4-10-18)31-26(33-27)30-19-11-5-2-6-12-19/h1-17H,(H,35,36)(H3,29,30,31,32,33,34)/b28-17-. The number of hydrogen-bond acceptors (Lipinski definition) is 9. The Kier molecular flexibility index (Phi) is 6.80. The van der Waals surface area contributed by atoms with Crippen LogP contribution in [0.15, 0.2) is 107 Å². The van der Waals surface area contributed by atoms with E-state index >= 15 is 0 Å². The Labute approximate surface area is 211 Å². The number of hydrogen-bond donors (Lipinski definition) is 4. The van der Waals surface area contributed by atoms with Crippen LogP contribution in [0.3, 0.4) is 0 Å². The molecule has 2 heterocycles. The van der Waals surface area contributed by atoms with Gasteiger partial charge in [-0.2, -0.15) is 20.1 Å². The largest absolute Gasteiger partial charge is 0.478 e. The third-order valence-corrected chi connectivity index (χ3v) is 5.10. The molecule has 10 heteroatoms. The summed E-state index contributed by atoms with van der Waals surface area (Å²) >= 11 is 0. The van der Waals surface area contributed by atoms with Crippen LogP contribution in [0.25, 0.3) is 11.3 Å². The first-order valence-corrected chi connectivity index (χ1v) is 11.3. The molecule has 37 heavy (non-hydrogen) atoms. The summed E-state index contributed by atoms with van der Waals surface area (Å²) in [6, 6.07) is 29.1. The fourth-order valence-electron chi connectivity index (χ4n) is 3.44. The molecule has 0 fully saturated rings. The van der Waals surface area contributed by atoms with Crippen molar-refractivity contribution in [3.8, 4) is 11.3 Å². The monoisotopic (exact) mass is 491 g/mol. The Bertz CT molecular complexity index is 1480. The van der Waals surface area contributed by atoms with Crippen molar-refractivity contribution < 1.29 is 14.3 Å². The number of benzene rings is 3. The lowest BCUT2D eigenvalue weighted by molar-refractivity contribution is 0.0697. The molecule has 0 bridgehead atoms. The first-order chi connectivity index (χ1) is 18.1. The normalized spacial score (nSPS) is 10.8. The van der Waals surface area contributed by atoms with Crippen molar-refractivity contribution in [2.24, 2.45) is 5.10 Å². The summed E-state index contributed by atoms with van der Waals surface area (Å²) in [5, 5.41) is 19.9. The highest BCUT2D eigenvalue weighted by molar-refractivity contribution is 5.95. The van der Waals surface area contributed by atoms with Crippen molar-refractivity contribution in [2.75, 3.05) is 16.1 Å². The molecule has 3 aromatic carbocycles. The van der Waals surface area contributed by atoms with Gasteiger partial charge in [-0.3, -0.25) is 0 Å². The number of furan rings is 1. The summed E-state index contributed by atoms with van der Waals surface area (Å²) < 4.78 is 5.77. The topological polar surface area (TPSA) is 138 Å². The Morgan fingerprint density at radius 3 is 1.92 bits per heavy atom. The molecule has 10 nitrogen and oxygen atoms in total. The lowest BCUT2D eigenvalue weighted by Crippen LogP contribution is -2.07. The first kappa shape index (κ1) is 23.2. The molecule has 0 radical (unpaired) electrons. The minimum atomic E-state index is -1.03. The summed E-state index contributed by atoms with van der Waals surface area (Å²) in [5.74, 6) is 0.653. The van der Waals surface area contributed by atoms with Gasteiger partial charge >= 0.3 is 5.97 Å². The zero-order chi connectivity index (χ0) is 25.5. The van der Waals surface area contributed by atoms with Crippen LogP contribution in [0.5, 0.6) is 0 Å². The average molecular weight is 492 g/mol. The van der Waals surface area contributed by atoms with E-state index in [0.717, 1.165) is 11.4 Å². The lowest BCUT2D eigenvalue weighted by Gasteiger charge is -2.10. The van der Waals surface area contributed by atoms with Gasteiger partial charge in [0.2, 0.25) is 17.8 Å². The molecule has 0 aliphatic heterocycles.